The highest BCUT2D eigenvalue weighted by atomic mass is 16.6. The first-order valence-electron chi connectivity index (χ1n) is 4.30. The van der Waals surface area contributed by atoms with Crippen LogP contribution >= 0.6 is 0 Å². The molecule has 0 spiro atoms. The average Bonchev–Trinajstić information content (AvgIpc) is 2.49. The van der Waals surface area contributed by atoms with Crippen molar-refractivity contribution in [3.05, 3.63) is 40.1 Å². The smallest absolute Gasteiger partial charge is 0.273 e. The molecular formula is C10H10N2O2. The number of aryl methyl sites for hydroxylation is 2. The second-order valence-corrected chi connectivity index (χ2v) is 3.33. The van der Waals surface area contributed by atoms with Crippen molar-refractivity contribution in [1.29, 1.82) is 0 Å². The lowest BCUT2D eigenvalue weighted by Gasteiger charge is -2.00. The third-order valence-corrected chi connectivity index (χ3v) is 2.50. The standard InChI is InChI=1S/C10H10N2O2/c1-7-8-5-6-11(2)10(8)4-3-9(7)12(13)14/h3-6H,1-2H3. The van der Waals surface area contributed by atoms with Crippen LogP contribution in [0.25, 0.3) is 10.9 Å². The summed E-state index contributed by atoms with van der Waals surface area (Å²) in [5.41, 5.74) is 1.94. The van der Waals surface area contributed by atoms with Gasteiger partial charge in [0.05, 0.1) is 4.92 Å². The minimum Gasteiger partial charge on any atom is -0.351 e. The van der Waals surface area contributed by atoms with E-state index in [4.69, 9.17) is 0 Å². The summed E-state index contributed by atoms with van der Waals surface area (Å²) in [6.45, 7) is 1.78. The second kappa shape index (κ2) is 2.83. The van der Waals surface area contributed by atoms with E-state index >= 15 is 0 Å². The van der Waals surface area contributed by atoms with Crippen LogP contribution in [-0.2, 0) is 7.05 Å². The Bertz CT molecular complexity index is 514. The molecule has 0 N–H and O–H groups in total. The molecule has 0 aliphatic carbocycles. The lowest BCUT2D eigenvalue weighted by molar-refractivity contribution is -0.385. The van der Waals surface area contributed by atoms with E-state index in [0.717, 1.165) is 16.5 Å². The fourth-order valence-electron chi connectivity index (χ4n) is 1.69. The minimum atomic E-state index is -0.345. The van der Waals surface area contributed by atoms with Crippen LogP contribution < -0.4 is 0 Å². The first kappa shape index (κ1) is 8.74. The van der Waals surface area contributed by atoms with Gasteiger partial charge in [0.15, 0.2) is 0 Å². The summed E-state index contributed by atoms with van der Waals surface area (Å²) in [5.74, 6) is 0. The molecule has 4 heteroatoms. The topological polar surface area (TPSA) is 48.1 Å². The van der Waals surface area contributed by atoms with Crippen LogP contribution in [0.3, 0.4) is 0 Å². The van der Waals surface area contributed by atoms with Crippen LogP contribution in [0.5, 0.6) is 0 Å². The Morgan fingerprint density at radius 3 is 2.71 bits per heavy atom. The van der Waals surface area contributed by atoms with Crippen molar-refractivity contribution in [2.24, 2.45) is 7.05 Å². The zero-order valence-corrected chi connectivity index (χ0v) is 8.02. The highest BCUT2D eigenvalue weighted by Crippen LogP contribution is 2.27. The highest BCUT2D eigenvalue weighted by Gasteiger charge is 2.13. The van der Waals surface area contributed by atoms with E-state index in [2.05, 4.69) is 0 Å². The maximum absolute atomic E-state index is 10.7. The maximum Gasteiger partial charge on any atom is 0.273 e. The summed E-state index contributed by atoms with van der Waals surface area (Å²) in [4.78, 5) is 10.3. The molecule has 14 heavy (non-hydrogen) atoms. The second-order valence-electron chi connectivity index (χ2n) is 3.33. The molecule has 0 atom stereocenters. The number of aromatic nitrogens is 1. The van der Waals surface area contributed by atoms with Gasteiger partial charge in [-0.2, -0.15) is 0 Å². The summed E-state index contributed by atoms with van der Waals surface area (Å²) in [6, 6.07) is 5.23. The minimum absolute atomic E-state index is 0.184. The monoisotopic (exact) mass is 190 g/mol. The van der Waals surface area contributed by atoms with Crippen LogP contribution in [0.15, 0.2) is 24.4 Å². The number of rotatable bonds is 1. The quantitative estimate of drug-likeness (QED) is 0.512. The Morgan fingerprint density at radius 2 is 2.07 bits per heavy atom. The SMILES string of the molecule is Cc1c([N+](=O)[O-])ccc2c1ccn2C. The largest absolute Gasteiger partial charge is 0.351 e. The molecule has 0 aliphatic rings. The average molecular weight is 190 g/mol. The maximum atomic E-state index is 10.7. The summed E-state index contributed by atoms with van der Waals surface area (Å²) in [5, 5.41) is 11.6. The Kier molecular flexibility index (Phi) is 1.77. The molecule has 0 saturated heterocycles. The highest BCUT2D eigenvalue weighted by molar-refractivity contribution is 5.86. The van der Waals surface area contributed by atoms with Gasteiger partial charge in [-0.25, -0.2) is 0 Å². The molecule has 72 valence electrons. The molecule has 0 unspecified atom stereocenters. The van der Waals surface area contributed by atoms with Gasteiger partial charge in [-0.1, -0.05) is 0 Å². The molecule has 1 aromatic heterocycles. The first-order valence-corrected chi connectivity index (χ1v) is 4.30. The normalized spacial score (nSPS) is 10.7. The molecule has 2 aromatic rings. The van der Waals surface area contributed by atoms with Crippen molar-refractivity contribution in [2.45, 2.75) is 6.92 Å². The lowest BCUT2D eigenvalue weighted by Crippen LogP contribution is -1.92. The van der Waals surface area contributed by atoms with Gasteiger partial charge in [0, 0.05) is 35.8 Å². The molecular weight excluding hydrogens is 180 g/mol. The van der Waals surface area contributed by atoms with Gasteiger partial charge < -0.3 is 4.57 Å². The van der Waals surface area contributed by atoms with Gasteiger partial charge in [-0.05, 0) is 19.1 Å². The molecule has 0 saturated carbocycles. The Balaban J connectivity index is 2.82. The van der Waals surface area contributed by atoms with Gasteiger partial charge in [0.2, 0.25) is 0 Å². The van der Waals surface area contributed by atoms with E-state index in [0.29, 0.717) is 0 Å². The molecule has 0 fully saturated rings. The Hall–Kier alpha value is -1.84. The van der Waals surface area contributed by atoms with E-state index in [1.807, 2.05) is 23.9 Å². The molecule has 1 heterocycles. The van der Waals surface area contributed by atoms with Crippen molar-refractivity contribution in [3.63, 3.8) is 0 Å². The van der Waals surface area contributed by atoms with Gasteiger partial charge in [-0.3, -0.25) is 10.1 Å². The van der Waals surface area contributed by atoms with Gasteiger partial charge in [-0.15, -0.1) is 0 Å². The number of nitrogens with zero attached hydrogens (tertiary/aromatic N) is 2. The molecule has 0 amide bonds. The molecule has 0 radical (unpaired) electrons. The number of nitro groups is 1. The van der Waals surface area contributed by atoms with Crippen molar-refractivity contribution in [3.8, 4) is 0 Å². The molecule has 0 aliphatic heterocycles. The van der Waals surface area contributed by atoms with Crippen LogP contribution in [0, 0.1) is 17.0 Å². The summed E-state index contributed by atoms with van der Waals surface area (Å²) >= 11 is 0. The summed E-state index contributed by atoms with van der Waals surface area (Å²) < 4.78 is 1.95. The van der Waals surface area contributed by atoms with E-state index in [-0.39, 0.29) is 10.6 Å². The Labute approximate surface area is 80.9 Å². The third kappa shape index (κ3) is 1.08. The van der Waals surface area contributed by atoms with E-state index in [1.165, 1.54) is 0 Å². The zero-order valence-electron chi connectivity index (χ0n) is 8.02. The summed E-state index contributed by atoms with van der Waals surface area (Å²) in [7, 11) is 1.92. The van der Waals surface area contributed by atoms with E-state index < -0.39 is 0 Å². The lowest BCUT2D eigenvalue weighted by atomic mass is 10.1. The van der Waals surface area contributed by atoms with Gasteiger partial charge >= 0.3 is 0 Å². The van der Waals surface area contributed by atoms with Crippen molar-refractivity contribution in [2.75, 3.05) is 0 Å². The van der Waals surface area contributed by atoms with Crippen molar-refractivity contribution in [1.82, 2.24) is 4.57 Å². The molecule has 1 aromatic carbocycles. The number of nitro benzene ring substituents is 1. The van der Waals surface area contributed by atoms with Crippen molar-refractivity contribution < 1.29 is 4.92 Å². The fraction of sp³-hybridized carbons (Fsp3) is 0.200. The number of hydrogen-bond donors (Lipinski definition) is 0. The molecule has 2 rings (SSSR count). The predicted molar refractivity (Wildman–Crippen MR) is 54.3 cm³/mol. The van der Waals surface area contributed by atoms with Crippen LogP contribution in [0.2, 0.25) is 0 Å². The van der Waals surface area contributed by atoms with E-state index in [1.54, 1.807) is 19.1 Å². The van der Waals surface area contributed by atoms with Crippen molar-refractivity contribution >= 4 is 16.6 Å². The van der Waals surface area contributed by atoms with E-state index in [9.17, 15) is 10.1 Å². The third-order valence-electron chi connectivity index (χ3n) is 2.50. The van der Waals surface area contributed by atoms with Crippen LogP contribution in [0.4, 0.5) is 5.69 Å². The number of hydrogen-bond acceptors (Lipinski definition) is 2. The first-order chi connectivity index (χ1) is 6.61. The van der Waals surface area contributed by atoms with Gasteiger partial charge in [0.25, 0.3) is 5.69 Å². The van der Waals surface area contributed by atoms with Crippen LogP contribution in [0.1, 0.15) is 5.56 Å². The molecule has 4 nitrogen and oxygen atoms in total. The summed E-state index contributed by atoms with van der Waals surface area (Å²) in [6.07, 6.45) is 1.90. The Morgan fingerprint density at radius 1 is 1.36 bits per heavy atom. The number of fused-ring (bicyclic) bond motifs is 1. The zero-order chi connectivity index (χ0) is 10.3. The fourth-order valence-corrected chi connectivity index (χ4v) is 1.69. The predicted octanol–water partition coefficient (Wildman–Crippen LogP) is 2.39. The molecule has 0 bridgehead atoms. The number of benzene rings is 1. The van der Waals surface area contributed by atoms with Gasteiger partial charge in [0.1, 0.15) is 0 Å². The van der Waals surface area contributed by atoms with Crippen LogP contribution in [-0.4, -0.2) is 9.49 Å².